The zero-order chi connectivity index (χ0) is 42.8. The summed E-state index contributed by atoms with van der Waals surface area (Å²) in [5, 5.41) is 27.8. The second kappa shape index (κ2) is 40.6. The Hall–Kier alpha value is -3.15. The van der Waals surface area contributed by atoms with Gasteiger partial charge in [-0.25, -0.2) is 4.57 Å². The van der Waals surface area contributed by atoms with Crippen molar-refractivity contribution in [1.29, 1.82) is 0 Å². The third kappa shape index (κ3) is 39.7. The Morgan fingerprint density at radius 1 is 0.586 bits per heavy atom. The molecule has 0 aromatic rings. The second-order valence-electron chi connectivity index (χ2n) is 13.8. The Morgan fingerprint density at radius 3 is 1.62 bits per heavy atom. The van der Waals surface area contributed by atoms with E-state index in [0.29, 0.717) is 32.1 Å². The number of phosphoric acid groups is 1. The number of esters is 2. The van der Waals surface area contributed by atoms with Gasteiger partial charge in [-0.3, -0.25) is 18.6 Å². The molecule has 4 atom stereocenters. The van der Waals surface area contributed by atoms with Gasteiger partial charge in [-0.2, -0.15) is 0 Å². The Balaban J connectivity index is 4.53. The Kier molecular flexibility index (Phi) is 38.4. The number of carbonyl (C=O) groups is 2. The molecule has 0 aliphatic carbocycles. The molecule has 1 unspecified atom stereocenters. The molecule has 4 N–H and O–H groups in total. The molecule has 0 rings (SSSR count). The average molecular weight is 835 g/mol. The van der Waals surface area contributed by atoms with E-state index in [1.165, 1.54) is 38.5 Å². The topological polar surface area (TPSA) is 169 Å². The molecule has 0 saturated carbocycles. The van der Waals surface area contributed by atoms with E-state index >= 15 is 0 Å². The van der Waals surface area contributed by atoms with Crippen molar-refractivity contribution in [2.24, 2.45) is 0 Å². The third-order valence-electron chi connectivity index (χ3n) is 8.38. The fourth-order valence-corrected chi connectivity index (χ4v) is 5.73. The molecule has 12 heteroatoms. The molecule has 330 valence electrons. The molecule has 11 nitrogen and oxygen atoms in total. The minimum absolute atomic E-state index is 0.0874. The predicted molar refractivity (Wildman–Crippen MR) is 234 cm³/mol. The van der Waals surface area contributed by atoms with Gasteiger partial charge in [0.2, 0.25) is 0 Å². The standard InChI is InChI=1S/C46H75O11P/c1-3-5-6-7-8-9-10-11-12-13-14-19-22-25-28-31-34-37-46(51)57-44(41-56-58(52,53)55-39-43(49)38-47)40-54-45(50)36-33-30-27-24-21-18-16-15-17-20-23-26-29-32-35-42(48)4-2/h11-12,14,16-20,24-29,32,35,42-44,47-49H,3-10,13,15,21-23,30-31,33-34,36-41H2,1-2H3,(H,52,53)/b12-11-,18-16-,19-14-,20-17-,27-24-,28-25-,29-26-,35-32+/t42-,43-,44+/m0/s1. The Bertz CT molecular complexity index is 1300. The summed E-state index contributed by atoms with van der Waals surface area (Å²) in [6, 6.07) is 0. The van der Waals surface area contributed by atoms with Crippen LogP contribution in [0.15, 0.2) is 97.2 Å². The molecule has 0 aromatic heterocycles. The summed E-state index contributed by atoms with van der Waals surface area (Å²) < 4.78 is 32.5. The highest BCUT2D eigenvalue weighted by Gasteiger charge is 2.27. The van der Waals surface area contributed by atoms with E-state index in [4.69, 9.17) is 19.1 Å². The van der Waals surface area contributed by atoms with Gasteiger partial charge in [-0.1, -0.05) is 143 Å². The van der Waals surface area contributed by atoms with Crippen LogP contribution >= 0.6 is 7.82 Å². The van der Waals surface area contributed by atoms with Crippen LogP contribution in [0.4, 0.5) is 0 Å². The summed E-state index contributed by atoms with van der Waals surface area (Å²) >= 11 is 0. The number of carbonyl (C=O) groups excluding carboxylic acids is 2. The largest absolute Gasteiger partial charge is 0.472 e. The quantitative estimate of drug-likeness (QED) is 0.0154. The maximum atomic E-state index is 12.6. The fraction of sp³-hybridized carbons (Fsp3) is 0.609. The molecule has 0 aliphatic rings. The summed E-state index contributed by atoms with van der Waals surface area (Å²) in [6.07, 6.45) is 46.2. The van der Waals surface area contributed by atoms with E-state index in [1.807, 2.05) is 49.5 Å². The van der Waals surface area contributed by atoms with E-state index in [9.17, 15) is 29.3 Å². The van der Waals surface area contributed by atoms with Gasteiger partial charge in [0.15, 0.2) is 6.10 Å². The van der Waals surface area contributed by atoms with Gasteiger partial charge >= 0.3 is 19.8 Å². The molecule has 58 heavy (non-hydrogen) atoms. The SMILES string of the molecule is CCCCCCCC/C=C\C/C=C\C/C=C\CCCC(=O)O[C@H](COC(=O)CCC/C=C\C/C=C\C/C=C\C/C=C\C=C\[C@@H](O)CC)COP(=O)(O)OC[C@@H](O)CO. The van der Waals surface area contributed by atoms with Gasteiger partial charge in [0, 0.05) is 12.8 Å². The molecule has 0 saturated heterocycles. The Morgan fingerprint density at radius 2 is 1.07 bits per heavy atom. The predicted octanol–water partition coefficient (Wildman–Crippen LogP) is 10.2. The van der Waals surface area contributed by atoms with Crippen molar-refractivity contribution in [2.45, 2.75) is 154 Å². The number of hydrogen-bond acceptors (Lipinski definition) is 10. The molecule has 0 fully saturated rings. The van der Waals surface area contributed by atoms with Crippen LogP contribution in [0.3, 0.4) is 0 Å². The van der Waals surface area contributed by atoms with Crippen LogP contribution in [-0.2, 0) is 32.7 Å². The van der Waals surface area contributed by atoms with Crippen LogP contribution in [0.25, 0.3) is 0 Å². The van der Waals surface area contributed by atoms with Gasteiger partial charge in [0.1, 0.15) is 12.7 Å². The zero-order valence-electron chi connectivity index (χ0n) is 35.3. The number of aliphatic hydroxyl groups is 3. The van der Waals surface area contributed by atoms with E-state index in [0.717, 1.165) is 38.5 Å². The van der Waals surface area contributed by atoms with E-state index < -0.39 is 57.9 Å². The van der Waals surface area contributed by atoms with Crippen LogP contribution in [0.1, 0.15) is 136 Å². The first-order chi connectivity index (χ1) is 28.1. The first-order valence-electron chi connectivity index (χ1n) is 21.3. The number of aliphatic hydroxyl groups excluding tert-OH is 3. The monoisotopic (exact) mass is 835 g/mol. The van der Waals surface area contributed by atoms with E-state index in [2.05, 4.69) is 60.1 Å². The van der Waals surface area contributed by atoms with Crippen molar-refractivity contribution in [3.63, 3.8) is 0 Å². The van der Waals surface area contributed by atoms with E-state index in [1.54, 1.807) is 6.08 Å². The number of allylic oxidation sites excluding steroid dienone is 15. The maximum absolute atomic E-state index is 12.6. The molecule has 0 amide bonds. The summed E-state index contributed by atoms with van der Waals surface area (Å²) in [4.78, 5) is 34.9. The maximum Gasteiger partial charge on any atom is 0.472 e. The molecule has 0 bridgehead atoms. The molecule has 0 spiro atoms. The van der Waals surface area contributed by atoms with Gasteiger partial charge in [0.25, 0.3) is 0 Å². The van der Waals surface area contributed by atoms with Gasteiger partial charge in [-0.05, 0) is 77.0 Å². The zero-order valence-corrected chi connectivity index (χ0v) is 36.2. The highest BCUT2D eigenvalue weighted by molar-refractivity contribution is 7.47. The van der Waals surface area contributed by atoms with Crippen LogP contribution in [0.5, 0.6) is 0 Å². The minimum atomic E-state index is -4.66. The van der Waals surface area contributed by atoms with Gasteiger partial charge < -0.3 is 29.7 Å². The number of phosphoric ester groups is 1. The van der Waals surface area contributed by atoms with Crippen LogP contribution < -0.4 is 0 Å². The van der Waals surface area contributed by atoms with Crippen LogP contribution in [-0.4, -0.2) is 76.9 Å². The van der Waals surface area contributed by atoms with Crippen molar-refractivity contribution in [3.05, 3.63) is 97.2 Å². The summed E-state index contributed by atoms with van der Waals surface area (Å²) in [6.45, 7) is 1.88. The Labute approximate surface area is 349 Å². The highest BCUT2D eigenvalue weighted by atomic mass is 31.2. The molecule has 0 radical (unpaired) electrons. The van der Waals surface area contributed by atoms with Crippen LogP contribution in [0, 0.1) is 0 Å². The fourth-order valence-electron chi connectivity index (χ4n) is 4.94. The summed E-state index contributed by atoms with van der Waals surface area (Å²) in [5.41, 5.74) is 0. The number of hydrogen-bond donors (Lipinski definition) is 4. The lowest BCUT2D eigenvalue weighted by Crippen LogP contribution is -2.29. The average Bonchev–Trinajstić information content (AvgIpc) is 3.21. The molecule has 0 aromatic carbocycles. The summed E-state index contributed by atoms with van der Waals surface area (Å²) in [5.74, 6) is -1.08. The normalized spacial score (nSPS) is 15.3. The molecular weight excluding hydrogens is 759 g/mol. The van der Waals surface area contributed by atoms with Crippen LogP contribution in [0.2, 0.25) is 0 Å². The summed E-state index contributed by atoms with van der Waals surface area (Å²) in [7, 11) is -4.66. The lowest BCUT2D eigenvalue weighted by Gasteiger charge is -2.20. The highest BCUT2D eigenvalue weighted by Crippen LogP contribution is 2.43. The first-order valence-corrected chi connectivity index (χ1v) is 22.8. The number of unbranched alkanes of at least 4 members (excludes halogenated alkanes) is 8. The smallest absolute Gasteiger partial charge is 0.462 e. The minimum Gasteiger partial charge on any atom is -0.462 e. The lowest BCUT2D eigenvalue weighted by atomic mass is 10.1. The van der Waals surface area contributed by atoms with Crippen molar-refractivity contribution in [3.8, 4) is 0 Å². The molecule has 0 heterocycles. The molecule has 0 aliphatic heterocycles. The number of rotatable bonds is 38. The van der Waals surface area contributed by atoms with Gasteiger partial charge in [-0.15, -0.1) is 0 Å². The van der Waals surface area contributed by atoms with Crippen molar-refractivity contribution >= 4 is 19.8 Å². The molecular formula is C46H75O11P. The lowest BCUT2D eigenvalue weighted by molar-refractivity contribution is -0.161. The van der Waals surface area contributed by atoms with E-state index in [-0.39, 0.29) is 19.4 Å². The first kappa shape index (κ1) is 54.9. The van der Waals surface area contributed by atoms with Crippen molar-refractivity contribution in [2.75, 3.05) is 26.4 Å². The van der Waals surface area contributed by atoms with Gasteiger partial charge in [0.05, 0.1) is 25.9 Å². The second-order valence-corrected chi connectivity index (χ2v) is 15.3. The van der Waals surface area contributed by atoms with Crippen molar-refractivity contribution in [1.82, 2.24) is 0 Å². The van der Waals surface area contributed by atoms with Crippen molar-refractivity contribution < 1.29 is 52.9 Å². The number of ether oxygens (including phenoxy) is 2. The third-order valence-corrected chi connectivity index (χ3v) is 9.33.